The summed E-state index contributed by atoms with van der Waals surface area (Å²) in [5.74, 6) is 0. The fourth-order valence-corrected chi connectivity index (χ4v) is 4.50. The number of benzene rings is 4. The molecule has 0 unspecified atom stereocenters. The van der Waals surface area contributed by atoms with Crippen molar-refractivity contribution in [2.45, 2.75) is 6.54 Å². The van der Waals surface area contributed by atoms with E-state index in [1.807, 2.05) is 12.1 Å². The van der Waals surface area contributed by atoms with Crippen molar-refractivity contribution in [3.8, 4) is 5.69 Å². The van der Waals surface area contributed by atoms with Gasteiger partial charge in [0.05, 0.1) is 28.7 Å². The summed E-state index contributed by atoms with van der Waals surface area (Å²) < 4.78 is 8.54. The first-order valence-electron chi connectivity index (χ1n) is 9.71. The van der Waals surface area contributed by atoms with Crippen molar-refractivity contribution in [3.63, 3.8) is 0 Å². The van der Waals surface area contributed by atoms with E-state index in [4.69, 9.17) is 4.42 Å². The minimum Gasteiger partial charge on any atom is -0.456 e. The first-order chi connectivity index (χ1) is 14.4. The number of aliphatic imine (C=N–C) groups is 1. The van der Waals surface area contributed by atoms with Gasteiger partial charge in [-0.15, -0.1) is 0 Å². The summed E-state index contributed by atoms with van der Waals surface area (Å²) in [6.07, 6.45) is 0. The zero-order valence-electron chi connectivity index (χ0n) is 15.8. The topological polar surface area (TPSA) is 30.4 Å². The van der Waals surface area contributed by atoms with Crippen LogP contribution >= 0.6 is 0 Å². The summed E-state index contributed by atoms with van der Waals surface area (Å²) in [5, 5.41) is 4.74. The molecule has 0 aliphatic rings. The average Bonchev–Trinajstić information content (AvgIpc) is 3.30. The number of fused-ring (bicyclic) bond motifs is 7. The second kappa shape index (κ2) is 6.08. The molecule has 0 spiro atoms. The maximum absolute atomic E-state index is 6.18. The predicted octanol–water partition coefficient (Wildman–Crippen LogP) is 6.88. The molecule has 0 aliphatic carbocycles. The monoisotopic (exact) mass is 374 g/mol. The number of hydrogen-bond donors (Lipinski definition) is 0. The largest absolute Gasteiger partial charge is 0.456 e. The van der Waals surface area contributed by atoms with Crippen LogP contribution in [0.4, 0.5) is 0 Å². The molecule has 0 radical (unpaired) electrons. The van der Waals surface area contributed by atoms with E-state index in [0.717, 1.165) is 33.2 Å². The number of rotatable bonds is 3. The fourth-order valence-electron chi connectivity index (χ4n) is 4.50. The van der Waals surface area contributed by atoms with Gasteiger partial charge in [0.1, 0.15) is 11.2 Å². The Hall–Kier alpha value is -3.85. The van der Waals surface area contributed by atoms with E-state index in [2.05, 4.69) is 89.1 Å². The predicted molar refractivity (Wildman–Crippen MR) is 121 cm³/mol. The normalized spacial score (nSPS) is 11.7. The molecule has 6 aromatic rings. The van der Waals surface area contributed by atoms with E-state index in [1.165, 1.54) is 21.8 Å². The van der Waals surface area contributed by atoms with Crippen LogP contribution in [0.2, 0.25) is 0 Å². The Balaban J connectivity index is 1.90. The highest BCUT2D eigenvalue weighted by atomic mass is 16.3. The molecule has 3 heteroatoms. The van der Waals surface area contributed by atoms with Crippen molar-refractivity contribution in [1.29, 1.82) is 0 Å². The van der Waals surface area contributed by atoms with E-state index in [0.29, 0.717) is 6.54 Å². The molecule has 0 fully saturated rings. The first-order valence-corrected chi connectivity index (χ1v) is 9.71. The van der Waals surface area contributed by atoms with Gasteiger partial charge in [0.2, 0.25) is 0 Å². The lowest BCUT2D eigenvalue weighted by Gasteiger charge is -2.12. The highest BCUT2D eigenvalue weighted by Crippen LogP contribution is 2.41. The van der Waals surface area contributed by atoms with E-state index in [1.54, 1.807) is 0 Å². The molecular weight excluding hydrogens is 356 g/mol. The van der Waals surface area contributed by atoms with Crippen molar-refractivity contribution in [3.05, 3.63) is 90.5 Å². The summed E-state index contributed by atoms with van der Waals surface area (Å²) in [6.45, 7) is 4.29. The molecule has 0 saturated heterocycles. The summed E-state index contributed by atoms with van der Waals surface area (Å²) in [7, 11) is 0. The highest BCUT2D eigenvalue weighted by molar-refractivity contribution is 6.24. The molecule has 3 nitrogen and oxygen atoms in total. The van der Waals surface area contributed by atoms with Crippen LogP contribution in [0.25, 0.3) is 49.4 Å². The van der Waals surface area contributed by atoms with E-state index in [-0.39, 0.29) is 0 Å². The lowest BCUT2D eigenvalue weighted by Crippen LogP contribution is -1.99. The quantitative estimate of drug-likeness (QED) is 0.310. The standard InChI is InChI=1S/C26H18N2O/c1-27-16-17-8-2-5-11-21(17)28-22-12-6-3-9-18(22)19-14-15-24-25(26(19)28)20-10-4-7-13-23(20)29-24/h2-15H,1,16H2. The molecule has 0 saturated carbocycles. The highest BCUT2D eigenvalue weighted by Gasteiger charge is 2.19. The number of nitrogens with zero attached hydrogens (tertiary/aromatic N) is 2. The van der Waals surface area contributed by atoms with Crippen LogP contribution in [0.5, 0.6) is 0 Å². The van der Waals surface area contributed by atoms with Gasteiger partial charge in [-0.05, 0) is 42.6 Å². The minimum absolute atomic E-state index is 0.576. The van der Waals surface area contributed by atoms with Crippen LogP contribution in [-0.2, 0) is 6.54 Å². The maximum atomic E-state index is 6.18. The van der Waals surface area contributed by atoms with Gasteiger partial charge < -0.3 is 8.98 Å². The van der Waals surface area contributed by atoms with Gasteiger partial charge >= 0.3 is 0 Å². The molecule has 0 atom stereocenters. The van der Waals surface area contributed by atoms with E-state index in [9.17, 15) is 0 Å². The summed E-state index contributed by atoms with van der Waals surface area (Å²) in [4.78, 5) is 4.16. The van der Waals surface area contributed by atoms with Crippen molar-refractivity contribution in [1.82, 2.24) is 4.57 Å². The zero-order valence-corrected chi connectivity index (χ0v) is 15.8. The molecule has 6 rings (SSSR count). The molecule has 2 heterocycles. The smallest absolute Gasteiger partial charge is 0.137 e. The van der Waals surface area contributed by atoms with Crippen LogP contribution < -0.4 is 0 Å². The van der Waals surface area contributed by atoms with E-state index >= 15 is 0 Å². The Labute approximate surface area is 167 Å². The maximum Gasteiger partial charge on any atom is 0.137 e. The number of para-hydroxylation sites is 3. The molecule has 0 aliphatic heterocycles. The van der Waals surface area contributed by atoms with Crippen LogP contribution in [0.3, 0.4) is 0 Å². The van der Waals surface area contributed by atoms with Gasteiger partial charge in [0, 0.05) is 16.2 Å². The third-order valence-electron chi connectivity index (χ3n) is 5.69. The summed E-state index contributed by atoms with van der Waals surface area (Å²) >= 11 is 0. The number of aromatic nitrogens is 1. The number of furan rings is 1. The van der Waals surface area contributed by atoms with Crippen molar-refractivity contribution in [2.24, 2.45) is 4.99 Å². The average molecular weight is 374 g/mol. The Morgan fingerprint density at radius 3 is 2.38 bits per heavy atom. The molecule has 0 bridgehead atoms. The van der Waals surface area contributed by atoms with Crippen LogP contribution in [-0.4, -0.2) is 11.3 Å². The van der Waals surface area contributed by atoms with Gasteiger partial charge in [-0.25, -0.2) is 0 Å². The second-order valence-electron chi connectivity index (χ2n) is 7.30. The van der Waals surface area contributed by atoms with Gasteiger partial charge in [-0.2, -0.15) is 0 Å². The third-order valence-corrected chi connectivity index (χ3v) is 5.69. The van der Waals surface area contributed by atoms with Gasteiger partial charge in [0.25, 0.3) is 0 Å². The van der Waals surface area contributed by atoms with Crippen LogP contribution in [0.1, 0.15) is 5.56 Å². The van der Waals surface area contributed by atoms with Gasteiger partial charge in [0.15, 0.2) is 0 Å². The zero-order chi connectivity index (χ0) is 19.4. The Morgan fingerprint density at radius 2 is 1.48 bits per heavy atom. The lowest BCUT2D eigenvalue weighted by molar-refractivity contribution is 0.669. The Kier molecular flexibility index (Phi) is 3.38. The van der Waals surface area contributed by atoms with E-state index < -0.39 is 0 Å². The fraction of sp³-hybridized carbons (Fsp3) is 0.0385. The SMILES string of the molecule is C=NCc1ccccc1-n1c2ccccc2c2ccc3oc4ccccc4c3c21. The second-order valence-corrected chi connectivity index (χ2v) is 7.30. The molecule has 4 aromatic carbocycles. The summed E-state index contributed by atoms with van der Waals surface area (Å²) in [5.41, 5.74) is 6.44. The first kappa shape index (κ1) is 16.1. The molecule has 0 amide bonds. The minimum atomic E-state index is 0.576. The van der Waals surface area contributed by atoms with Crippen molar-refractivity contribution >= 4 is 50.5 Å². The Bertz CT molecular complexity index is 1550. The molecule has 0 N–H and O–H groups in total. The van der Waals surface area contributed by atoms with Crippen molar-refractivity contribution in [2.75, 3.05) is 0 Å². The molecule has 138 valence electrons. The van der Waals surface area contributed by atoms with Gasteiger partial charge in [-0.1, -0.05) is 54.6 Å². The van der Waals surface area contributed by atoms with Crippen molar-refractivity contribution < 1.29 is 4.42 Å². The molecular formula is C26H18N2O. The van der Waals surface area contributed by atoms with Gasteiger partial charge in [-0.3, -0.25) is 4.99 Å². The molecule has 29 heavy (non-hydrogen) atoms. The summed E-state index contributed by atoms with van der Waals surface area (Å²) in [6, 6.07) is 29.5. The number of hydrogen-bond acceptors (Lipinski definition) is 2. The van der Waals surface area contributed by atoms with Crippen LogP contribution in [0, 0.1) is 0 Å². The third kappa shape index (κ3) is 2.21. The Morgan fingerprint density at radius 1 is 0.724 bits per heavy atom. The lowest BCUT2D eigenvalue weighted by atomic mass is 10.1. The molecule has 2 aromatic heterocycles. The van der Waals surface area contributed by atoms with Crippen LogP contribution in [0.15, 0.2) is 94.3 Å².